The van der Waals surface area contributed by atoms with Gasteiger partial charge in [0.05, 0.1) is 35.7 Å². The summed E-state index contributed by atoms with van der Waals surface area (Å²) < 4.78 is 71.2. The number of pyridine rings is 1. The molecular formula is C19H22FN3O5S2. The molecule has 0 spiro atoms. The number of ether oxygens (including phenoxy) is 1. The van der Waals surface area contributed by atoms with Crippen molar-refractivity contribution in [2.75, 3.05) is 18.1 Å². The molecule has 0 saturated carbocycles. The Balaban J connectivity index is 2.26. The van der Waals surface area contributed by atoms with E-state index in [1.54, 1.807) is 20.8 Å². The molecule has 2 aromatic heterocycles. The number of nitrogens with zero attached hydrogens (tertiary/aromatic N) is 2. The SMILES string of the molecule is COc1cc2ncc(-c3cc(F)cc(NS(C)(=O)=O)c3)n2cc1S(=O)(=O)C(C)(C)C. The minimum atomic E-state index is -3.77. The fraction of sp³-hybridized carbons (Fsp3) is 0.316. The fourth-order valence-electron chi connectivity index (χ4n) is 2.90. The molecule has 0 amide bonds. The lowest BCUT2D eigenvalue weighted by Gasteiger charge is -2.21. The lowest BCUT2D eigenvalue weighted by molar-refractivity contribution is 0.401. The summed E-state index contributed by atoms with van der Waals surface area (Å²) in [6, 6.07) is 5.18. The number of methoxy groups -OCH3 is 1. The normalized spacial score (nSPS) is 12.9. The van der Waals surface area contributed by atoms with Crippen LogP contribution in [0.4, 0.5) is 10.1 Å². The van der Waals surface area contributed by atoms with E-state index >= 15 is 0 Å². The lowest BCUT2D eigenvalue weighted by atomic mass is 10.1. The van der Waals surface area contributed by atoms with E-state index in [0.717, 1.165) is 12.3 Å². The number of rotatable bonds is 5. The molecule has 8 nitrogen and oxygen atoms in total. The maximum atomic E-state index is 14.2. The van der Waals surface area contributed by atoms with Crippen LogP contribution < -0.4 is 9.46 Å². The van der Waals surface area contributed by atoms with Crippen LogP contribution in [0.2, 0.25) is 0 Å². The van der Waals surface area contributed by atoms with E-state index in [-0.39, 0.29) is 16.3 Å². The van der Waals surface area contributed by atoms with Gasteiger partial charge in [-0.1, -0.05) is 0 Å². The first-order valence-electron chi connectivity index (χ1n) is 8.81. The molecule has 0 aliphatic carbocycles. The number of halogens is 1. The third kappa shape index (κ3) is 4.12. The molecule has 11 heteroatoms. The molecule has 30 heavy (non-hydrogen) atoms. The molecule has 2 heterocycles. The Bertz CT molecular complexity index is 1340. The van der Waals surface area contributed by atoms with E-state index in [1.165, 1.54) is 42.1 Å². The van der Waals surface area contributed by atoms with Gasteiger partial charge >= 0.3 is 0 Å². The van der Waals surface area contributed by atoms with Crippen LogP contribution in [-0.2, 0) is 19.9 Å². The molecule has 0 unspecified atom stereocenters. The van der Waals surface area contributed by atoms with Crippen LogP contribution in [-0.4, -0.2) is 44.3 Å². The van der Waals surface area contributed by atoms with Crippen molar-refractivity contribution in [3.63, 3.8) is 0 Å². The van der Waals surface area contributed by atoms with E-state index in [4.69, 9.17) is 4.74 Å². The van der Waals surface area contributed by atoms with Crippen LogP contribution in [0, 0.1) is 5.82 Å². The van der Waals surface area contributed by atoms with E-state index in [0.29, 0.717) is 16.9 Å². The van der Waals surface area contributed by atoms with Crippen molar-refractivity contribution in [1.82, 2.24) is 9.38 Å². The quantitative estimate of drug-likeness (QED) is 0.634. The third-order valence-corrected chi connectivity index (χ3v) is 7.49. The molecule has 1 aromatic carbocycles. The number of benzene rings is 1. The fourth-order valence-corrected chi connectivity index (χ4v) is 4.76. The van der Waals surface area contributed by atoms with Gasteiger partial charge in [0.25, 0.3) is 0 Å². The van der Waals surface area contributed by atoms with E-state index < -0.39 is 30.4 Å². The number of sulfonamides is 1. The average Bonchev–Trinajstić information content (AvgIpc) is 3.00. The monoisotopic (exact) mass is 455 g/mol. The summed E-state index contributed by atoms with van der Waals surface area (Å²) >= 11 is 0. The number of hydrogen-bond acceptors (Lipinski definition) is 6. The largest absolute Gasteiger partial charge is 0.495 e. The maximum absolute atomic E-state index is 14.2. The zero-order valence-electron chi connectivity index (χ0n) is 17.1. The average molecular weight is 456 g/mol. The summed E-state index contributed by atoms with van der Waals surface area (Å²) in [7, 11) is -6.01. The van der Waals surface area contributed by atoms with Crippen LogP contribution in [0.3, 0.4) is 0 Å². The van der Waals surface area contributed by atoms with Crippen molar-refractivity contribution in [3.05, 3.63) is 42.5 Å². The first kappa shape index (κ1) is 22.0. The van der Waals surface area contributed by atoms with Crippen molar-refractivity contribution < 1.29 is 26.0 Å². The van der Waals surface area contributed by atoms with Gasteiger partial charge in [0.1, 0.15) is 22.1 Å². The standard InChI is InChI=1S/C19H22FN3O5S2/c1-19(2,3)30(26,27)17-11-23-15(10-21-18(23)9-16(17)28-4)12-6-13(20)8-14(7-12)22-29(5,24)25/h6-11,22H,1-5H3. The minimum Gasteiger partial charge on any atom is -0.495 e. The second-order valence-corrected chi connectivity index (χ2v) is 12.2. The Morgan fingerprint density at radius 2 is 1.77 bits per heavy atom. The molecule has 0 bridgehead atoms. The number of anilines is 1. The lowest BCUT2D eigenvalue weighted by Crippen LogP contribution is -2.28. The van der Waals surface area contributed by atoms with Crippen molar-refractivity contribution in [3.8, 4) is 17.0 Å². The molecule has 0 aliphatic rings. The first-order valence-corrected chi connectivity index (χ1v) is 12.2. The van der Waals surface area contributed by atoms with Gasteiger partial charge in [-0.3, -0.25) is 9.12 Å². The van der Waals surface area contributed by atoms with Gasteiger partial charge in [0.15, 0.2) is 9.84 Å². The molecule has 0 saturated heterocycles. The molecule has 162 valence electrons. The molecule has 0 atom stereocenters. The Hall–Kier alpha value is -2.66. The number of fused-ring (bicyclic) bond motifs is 1. The van der Waals surface area contributed by atoms with Gasteiger partial charge < -0.3 is 4.74 Å². The Morgan fingerprint density at radius 3 is 2.33 bits per heavy atom. The molecule has 0 radical (unpaired) electrons. The first-order chi connectivity index (χ1) is 13.7. The Morgan fingerprint density at radius 1 is 1.10 bits per heavy atom. The predicted octanol–water partition coefficient (Wildman–Crippen LogP) is 3.09. The zero-order valence-corrected chi connectivity index (χ0v) is 18.7. The van der Waals surface area contributed by atoms with Crippen LogP contribution >= 0.6 is 0 Å². The second-order valence-electron chi connectivity index (χ2n) is 7.80. The second kappa shape index (κ2) is 7.24. The smallest absolute Gasteiger partial charge is 0.229 e. The van der Waals surface area contributed by atoms with Gasteiger partial charge in [0, 0.05) is 17.8 Å². The van der Waals surface area contributed by atoms with Crippen molar-refractivity contribution >= 4 is 31.2 Å². The Kier molecular flexibility index (Phi) is 5.32. The number of hydrogen-bond donors (Lipinski definition) is 1. The number of sulfone groups is 1. The van der Waals surface area contributed by atoms with Crippen molar-refractivity contribution in [2.45, 2.75) is 30.4 Å². The van der Waals surface area contributed by atoms with Crippen LogP contribution in [0.15, 0.2) is 41.6 Å². The summed E-state index contributed by atoms with van der Waals surface area (Å²) in [4.78, 5) is 4.22. The van der Waals surface area contributed by atoms with Gasteiger partial charge in [-0.15, -0.1) is 0 Å². The summed E-state index contributed by atoms with van der Waals surface area (Å²) in [5, 5.41) is 0. The van der Waals surface area contributed by atoms with Crippen molar-refractivity contribution in [1.29, 1.82) is 0 Å². The topological polar surface area (TPSA) is 107 Å². The molecule has 0 fully saturated rings. The molecule has 3 aromatic rings. The van der Waals surface area contributed by atoms with Gasteiger partial charge in [0.2, 0.25) is 10.0 Å². The predicted molar refractivity (Wildman–Crippen MR) is 113 cm³/mol. The summed E-state index contributed by atoms with van der Waals surface area (Å²) in [5.41, 5.74) is 1.13. The highest BCUT2D eigenvalue weighted by atomic mass is 32.2. The van der Waals surface area contributed by atoms with Crippen LogP contribution in [0.1, 0.15) is 20.8 Å². The highest BCUT2D eigenvalue weighted by Gasteiger charge is 2.34. The number of aromatic nitrogens is 2. The minimum absolute atomic E-state index is 0.0323. The molecular weight excluding hydrogens is 433 g/mol. The van der Waals surface area contributed by atoms with Crippen LogP contribution in [0.25, 0.3) is 16.9 Å². The summed E-state index contributed by atoms with van der Waals surface area (Å²) in [6.45, 7) is 4.74. The molecule has 0 aliphatic heterocycles. The van der Waals surface area contributed by atoms with Gasteiger partial charge in [-0.25, -0.2) is 26.2 Å². The van der Waals surface area contributed by atoms with E-state index in [9.17, 15) is 21.2 Å². The zero-order chi connectivity index (χ0) is 22.5. The third-order valence-electron chi connectivity index (χ3n) is 4.39. The van der Waals surface area contributed by atoms with Crippen LogP contribution in [0.5, 0.6) is 5.75 Å². The van der Waals surface area contributed by atoms with Crippen molar-refractivity contribution in [2.24, 2.45) is 0 Å². The van der Waals surface area contributed by atoms with Gasteiger partial charge in [-0.05, 0) is 39.0 Å². The maximum Gasteiger partial charge on any atom is 0.229 e. The summed E-state index contributed by atoms with van der Waals surface area (Å²) in [6.07, 6.45) is 3.79. The Labute approximate surface area is 174 Å². The highest BCUT2D eigenvalue weighted by molar-refractivity contribution is 7.93. The molecule has 1 N–H and O–H groups in total. The number of nitrogens with one attached hydrogen (secondary N) is 1. The van der Waals surface area contributed by atoms with E-state index in [1.807, 2.05) is 0 Å². The number of imidazole rings is 1. The summed E-state index contributed by atoms with van der Waals surface area (Å²) in [5.74, 6) is -0.516. The molecule has 3 rings (SSSR count). The van der Waals surface area contributed by atoms with Gasteiger partial charge in [-0.2, -0.15) is 0 Å². The highest BCUT2D eigenvalue weighted by Crippen LogP contribution is 2.34. The van der Waals surface area contributed by atoms with E-state index in [2.05, 4.69) is 9.71 Å².